The highest BCUT2D eigenvalue weighted by atomic mass is 16.3. The van der Waals surface area contributed by atoms with Crippen LogP contribution in [0.3, 0.4) is 0 Å². The molecule has 0 aromatic carbocycles. The molecule has 2 aliphatic carbocycles. The quantitative estimate of drug-likeness (QED) is 0.536. The molecule has 0 heterocycles. The lowest BCUT2D eigenvalue weighted by Crippen LogP contribution is -1.97. The van der Waals surface area contributed by atoms with Crippen LogP contribution in [0.5, 0.6) is 0 Å². The van der Waals surface area contributed by atoms with Crippen LogP contribution >= 0.6 is 0 Å². The van der Waals surface area contributed by atoms with Crippen LogP contribution in [-0.2, 0) is 0 Å². The summed E-state index contributed by atoms with van der Waals surface area (Å²) in [6.07, 6.45) is 5.14. The predicted molar refractivity (Wildman–Crippen MR) is 37.6 cm³/mol. The van der Waals surface area contributed by atoms with Gasteiger partial charge in [-0.1, -0.05) is 0 Å². The first-order valence-electron chi connectivity index (χ1n) is 3.55. The average Bonchev–Trinajstić information content (AvgIpc) is 2.21. The van der Waals surface area contributed by atoms with Gasteiger partial charge in [0.1, 0.15) is 0 Å². The van der Waals surface area contributed by atoms with Gasteiger partial charge in [0.05, 0.1) is 11.5 Å². The molecule has 0 amide bonds. The second-order valence-electron chi connectivity index (χ2n) is 3.05. The van der Waals surface area contributed by atoms with Crippen molar-refractivity contribution in [3.63, 3.8) is 0 Å². The standard InChI is InChI=1S/C8H10O2/c9-7-1-5-2-8(10)4-6(5)3-7/h1,4-6,9-10H,2-3H2. The zero-order chi connectivity index (χ0) is 7.14. The molecule has 2 unspecified atom stereocenters. The summed E-state index contributed by atoms with van der Waals surface area (Å²) in [4.78, 5) is 0. The topological polar surface area (TPSA) is 40.5 Å². The van der Waals surface area contributed by atoms with Crippen LogP contribution in [0.15, 0.2) is 23.7 Å². The molecule has 0 aromatic heterocycles. The first-order chi connectivity index (χ1) is 4.75. The summed E-state index contributed by atoms with van der Waals surface area (Å²) in [7, 11) is 0. The number of rotatable bonds is 0. The summed E-state index contributed by atoms with van der Waals surface area (Å²) in [5.41, 5.74) is 0. The van der Waals surface area contributed by atoms with E-state index in [0.717, 1.165) is 0 Å². The van der Waals surface area contributed by atoms with Crippen molar-refractivity contribution in [2.45, 2.75) is 12.8 Å². The van der Waals surface area contributed by atoms with Crippen LogP contribution in [0.2, 0.25) is 0 Å². The predicted octanol–water partition coefficient (Wildman–Crippen LogP) is 1.91. The van der Waals surface area contributed by atoms with Crippen LogP contribution in [0.1, 0.15) is 12.8 Å². The molecule has 10 heavy (non-hydrogen) atoms. The molecule has 2 rings (SSSR count). The van der Waals surface area contributed by atoms with Crippen molar-refractivity contribution < 1.29 is 10.2 Å². The maximum Gasteiger partial charge on any atom is 0.0892 e. The van der Waals surface area contributed by atoms with E-state index in [2.05, 4.69) is 0 Å². The minimum Gasteiger partial charge on any atom is -0.513 e. The Kier molecular flexibility index (Phi) is 1.04. The van der Waals surface area contributed by atoms with Gasteiger partial charge in [0.2, 0.25) is 0 Å². The highest BCUT2D eigenvalue weighted by Gasteiger charge is 2.31. The molecule has 0 fully saturated rings. The van der Waals surface area contributed by atoms with E-state index in [1.165, 1.54) is 0 Å². The molecule has 0 aliphatic heterocycles. The number of hydrogen-bond acceptors (Lipinski definition) is 2. The van der Waals surface area contributed by atoms with Gasteiger partial charge in [-0.25, -0.2) is 0 Å². The molecular weight excluding hydrogens is 128 g/mol. The Bertz CT molecular complexity index is 191. The third-order valence-electron chi connectivity index (χ3n) is 2.25. The summed E-state index contributed by atoms with van der Waals surface area (Å²) in [5, 5.41) is 18.1. The third kappa shape index (κ3) is 0.719. The van der Waals surface area contributed by atoms with E-state index < -0.39 is 0 Å². The lowest BCUT2D eigenvalue weighted by molar-refractivity contribution is 0.383. The molecule has 0 spiro atoms. The van der Waals surface area contributed by atoms with Crippen LogP contribution < -0.4 is 0 Å². The molecule has 0 saturated carbocycles. The normalized spacial score (nSPS) is 37.2. The van der Waals surface area contributed by atoms with Crippen LogP contribution in [-0.4, -0.2) is 10.2 Å². The number of aliphatic hydroxyl groups excluding tert-OH is 2. The molecular formula is C8H10O2. The van der Waals surface area contributed by atoms with Gasteiger partial charge < -0.3 is 10.2 Å². The van der Waals surface area contributed by atoms with Crippen LogP contribution in [0.25, 0.3) is 0 Å². The Morgan fingerprint density at radius 3 is 1.80 bits per heavy atom. The van der Waals surface area contributed by atoms with Gasteiger partial charge in [-0.3, -0.25) is 0 Å². The second-order valence-corrected chi connectivity index (χ2v) is 3.05. The zero-order valence-corrected chi connectivity index (χ0v) is 5.62. The summed E-state index contributed by atoms with van der Waals surface area (Å²) >= 11 is 0. The van der Waals surface area contributed by atoms with Crippen molar-refractivity contribution in [1.82, 2.24) is 0 Å². The van der Waals surface area contributed by atoms with E-state index in [0.29, 0.717) is 36.2 Å². The molecule has 2 atom stereocenters. The SMILES string of the molecule is OC1=CC2CC(O)=CC2C1. The van der Waals surface area contributed by atoms with Crippen molar-refractivity contribution in [3.05, 3.63) is 23.7 Å². The summed E-state index contributed by atoms with van der Waals surface area (Å²) in [6.45, 7) is 0. The Balaban J connectivity index is 2.17. The van der Waals surface area contributed by atoms with Gasteiger partial charge in [-0.2, -0.15) is 0 Å². The highest BCUT2D eigenvalue weighted by molar-refractivity contribution is 5.20. The molecule has 2 N–H and O–H groups in total. The fraction of sp³-hybridized carbons (Fsp3) is 0.500. The van der Waals surface area contributed by atoms with Gasteiger partial charge in [0, 0.05) is 12.8 Å². The monoisotopic (exact) mass is 138 g/mol. The van der Waals surface area contributed by atoms with Crippen LogP contribution in [0, 0.1) is 11.8 Å². The van der Waals surface area contributed by atoms with E-state index in [4.69, 9.17) is 10.2 Å². The maximum absolute atomic E-state index is 9.07. The van der Waals surface area contributed by atoms with Gasteiger partial charge in [-0.15, -0.1) is 0 Å². The molecule has 2 nitrogen and oxygen atoms in total. The van der Waals surface area contributed by atoms with Crippen LogP contribution in [0.4, 0.5) is 0 Å². The zero-order valence-electron chi connectivity index (χ0n) is 5.62. The summed E-state index contributed by atoms with van der Waals surface area (Å²) in [5.74, 6) is 1.72. The minimum atomic E-state index is 0.375. The molecule has 0 bridgehead atoms. The molecule has 0 aromatic rings. The van der Waals surface area contributed by atoms with Gasteiger partial charge in [-0.05, 0) is 24.0 Å². The van der Waals surface area contributed by atoms with Crippen molar-refractivity contribution in [2.24, 2.45) is 11.8 Å². The number of allylic oxidation sites excluding steroid dienone is 4. The summed E-state index contributed by atoms with van der Waals surface area (Å²) < 4.78 is 0. The number of fused-ring (bicyclic) bond motifs is 1. The van der Waals surface area contributed by atoms with Gasteiger partial charge in [0.15, 0.2) is 0 Å². The van der Waals surface area contributed by atoms with E-state index in [-0.39, 0.29) is 0 Å². The molecule has 0 radical (unpaired) electrons. The lowest BCUT2D eigenvalue weighted by Gasteiger charge is -2.03. The lowest BCUT2D eigenvalue weighted by atomic mass is 10.00. The Labute approximate surface area is 59.5 Å². The second kappa shape index (κ2) is 1.78. The average molecular weight is 138 g/mol. The van der Waals surface area contributed by atoms with Crippen molar-refractivity contribution >= 4 is 0 Å². The van der Waals surface area contributed by atoms with Crippen molar-refractivity contribution in [2.75, 3.05) is 0 Å². The smallest absolute Gasteiger partial charge is 0.0892 e. The Morgan fingerprint density at radius 2 is 1.40 bits per heavy atom. The Hall–Kier alpha value is -0.920. The molecule has 0 saturated heterocycles. The van der Waals surface area contributed by atoms with Gasteiger partial charge >= 0.3 is 0 Å². The molecule has 2 heteroatoms. The van der Waals surface area contributed by atoms with Crippen molar-refractivity contribution in [3.8, 4) is 0 Å². The first-order valence-corrected chi connectivity index (χ1v) is 3.55. The number of hydrogen-bond donors (Lipinski definition) is 2. The summed E-state index contributed by atoms with van der Waals surface area (Å²) in [6, 6.07) is 0. The maximum atomic E-state index is 9.07. The molecule has 2 aliphatic rings. The highest BCUT2D eigenvalue weighted by Crippen LogP contribution is 2.39. The van der Waals surface area contributed by atoms with Gasteiger partial charge in [0.25, 0.3) is 0 Å². The fourth-order valence-electron chi connectivity index (χ4n) is 1.78. The Morgan fingerprint density at radius 1 is 1.00 bits per heavy atom. The van der Waals surface area contributed by atoms with E-state index in [1.807, 2.05) is 12.2 Å². The first kappa shape index (κ1) is 5.83. The molecule has 54 valence electrons. The van der Waals surface area contributed by atoms with Crippen molar-refractivity contribution in [1.29, 1.82) is 0 Å². The van der Waals surface area contributed by atoms with E-state index in [9.17, 15) is 0 Å². The minimum absolute atomic E-state index is 0.375. The third-order valence-corrected chi connectivity index (χ3v) is 2.25. The van der Waals surface area contributed by atoms with E-state index in [1.54, 1.807) is 0 Å². The number of aliphatic hydroxyl groups is 2. The van der Waals surface area contributed by atoms with E-state index >= 15 is 0 Å². The largest absolute Gasteiger partial charge is 0.513 e. The fourth-order valence-corrected chi connectivity index (χ4v) is 1.78.